The average Bonchev–Trinajstić information content (AvgIpc) is 2.77. The molecule has 2 fully saturated rings. The predicted octanol–water partition coefficient (Wildman–Crippen LogP) is 2.23. The van der Waals surface area contributed by atoms with Crippen LogP contribution in [0.2, 0.25) is 0 Å². The van der Waals surface area contributed by atoms with Crippen LogP contribution in [0.1, 0.15) is 38.2 Å². The topological polar surface area (TPSA) is 58.2 Å². The van der Waals surface area contributed by atoms with E-state index in [-0.39, 0.29) is 18.4 Å². The lowest BCUT2D eigenvalue weighted by atomic mass is 10.0. The maximum absolute atomic E-state index is 12.6. The molecule has 0 aromatic heterocycles. The van der Waals surface area contributed by atoms with Gasteiger partial charge in [-0.1, -0.05) is 25.1 Å². The summed E-state index contributed by atoms with van der Waals surface area (Å²) in [6, 6.07) is 8.33. The molecule has 118 valence electrons. The van der Waals surface area contributed by atoms with Gasteiger partial charge in [-0.15, -0.1) is 12.4 Å². The quantitative estimate of drug-likeness (QED) is 0.890. The van der Waals surface area contributed by atoms with Crippen LogP contribution in [0.15, 0.2) is 29.2 Å². The number of hydrogen-bond donors (Lipinski definition) is 2. The third-order valence-corrected chi connectivity index (χ3v) is 6.06. The van der Waals surface area contributed by atoms with Crippen LogP contribution in [-0.2, 0) is 16.4 Å². The SMILES string of the molecule is CCc1ccccc1S(=O)(=O)NC1CC2CCC(C1)N2.Cl. The molecule has 3 rings (SSSR count). The second kappa shape index (κ2) is 6.65. The van der Waals surface area contributed by atoms with E-state index in [1.54, 1.807) is 12.1 Å². The lowest BCUT2D eigenvalue weighted by molar-refractivity contribution is 0.345. The second-order valence-corrected chi connectivity index (χ2v) is 7.57. The van der Waals surface area contributed by atoms with Gasteiger partial charge in [0, 0.05) is 18.1 Å². The van der Waals surface area contributed by atoms with Gasteiger partial charge in [-0.3, -0.25) is 0 Å². The zero-order valence-corrected chi connectivity index (χ0v) is 13.8. The number of fused-ring (bicyclic) bond motifs is 2. The van der Waals surface area contributed by atoms with E-state index in [0.29, 0.717) is 17.0 Å². The summed E-state index contributed by atoms with van der Waals surface area (Å²) in [5.41, 5.74) is 0.886. The summed E-state index contributed by atoms with van der Waals surface area (Å²) in [6.45, 7) is 1.99. The summed E-state index contributed by atoms with van der Waals surface area (Å²) in [4.78, 5) is 0.438. The molecule has 2 aliphatic heterocycles. The van der Waals surface area contributed by atoms with E-state index in [1.165, 1.54) is 12.8 Å². The van der Waals surface area contributed by atoms with Crippen molar-refractivity contribution in [1.29, 1.82) is 0 Å². The standard InChI is InChI=1S/C15H22N2O2S.ClH/c1-2-11-5-3-4-6-15(11)20(18,19)17-14-9-12-7-8-13(10-14)16-12;/h3-6,12-14,16-17H,2,7-10H2,1H3;1H. The van der Waals surface area contributed by atoms with Crippen LogP contribution >= 0.6 is 12.4 Å². The minimum atomic E-state index is -3.40. The molecule has 21 heavy (non-hydrogen) atoms. The maximum atomic E-state index is 12.6. The van der Waals surface area contributed by atoms with Gasteiger partial charge in [-0.05, 0) is 43.7 Å². The Kier molecular flexibility index (Phi) is 5.30. The monoisotopic (exact) mass is 330 g/mol. The number of piperidine rings is 1. The van der Waals surface area contributed by atoms with Gasteiger partial charge in [-0.2, -0.15) is 0 Å². The number of hydrogen-bond acceptors (Lipinski definition) is 3. The van der Waals surface area contributed by atoms with Crippen molar-refractivity contribution in [2.24, 2.45) is 0 Å². The summed E-state index contributed by atoms with van der Waals surface area (Å²) in [6.07, 6.45) is 4.89. The van der Waals surface area contributed by atoms with E-state index in [9.17, 15) is 8.42 Å². The highest BCUT2D eigenvalue weighted by molar-refractivity contribution is 7.89. The Bertz CT molecular complexity index is 579. The third-order valence-electron chi connectivity index (χ3n) is 4.44. The van der Waals surface area contributed by atoms with Gasteiger partial charge in [0.15, 0.2) is 0 Å². The van der Waals surface area contributed by atoms with E-state index in [2.05, 4.69) is 10.0 Å². The lowest BCUT2D eigenvalue weighted by Gasteiger charge is -2.29. The summed E-state index contributed by atoms with van der Waals surface area (Å²) < 4.78 is 28.1. The van der Waals surface area contributed by atoms with Gasteiger partial charge in [0.2, 0.25) is 10.0 Å². The van der Waals surface area contributed by atoms with E-state index in [1.807, 2.05) is 19.1 Å². The van der Waals surface area contributed by atoms with Gasteiger partial charge < -0.3 is 5.32 Å². The summed E-state index contributed by atoms with van der Waals surface area (Å²) >= 11 is 0. The number of nitrogens with one attached hydrogen (secondary N) is 2. The Balaban J connectivity index is 0.00000161. The van der Waals surface area contributed by atoms with Gasteiger partial charge >= 0.3 is 0 Å². The lowest BCUT2D eigenvalue weighted by Crippen LogP contribution is -2.48. The van der Waals surface area contributed by atoms with Crippen LogP contribution in [0, 0.1) is 0 Å². The molecule has 2 aliphatic rings. The zero-order chi connectivity index (χ0) is 14.2. The fraction of sp³-hybridized carbons (Fsp3) is 0.600. The van der Waals surface area contributed by atoms with Gasteiger partial charge in [0.1, 0.15) is 0 Å². The molecular weight excluding hydrogens is 308 g/mol. The number of benzene rings is 1. The van der Waals surface area contributed by atoms with Crippen molar-refractivity contribution in [1.82, 2.24) is 10.0 Å². The van der Waals surface area contributed by atoms with Gasteiger partial charge in [0.05, 0.1) is 4.90 Å². The van der Waals surface area contributed by atoms with E-state index < -0.39 is 10.0 Å². The highest BCUT2D eigenvalue weighted by Gasteiger charge is 2.35. The number of sulfonamides is 1. The Morgan fingerprint density at radius 1 is 1.19 bits per heavy atom. The molecule has 2 saturated heterocycles. The van der Waals surface area contributed by atoms with Gasteiger partial charge in [-0.25, -0.2) is 13.1 Å². The van der Waals surface area contributed by atoms with Crippen LogP contribution in [-0.4, -0.2) is 26.5 Å². The molecule has 4 nitrogen and oxygen atoms in total. The Labute approximate surface area is 133 Å². The molecule has 2 unspecified atom stereocenters. The molecule has 0 spiro atoms. The van der Waals surface area contributed by atoms with Crippen molar-refractivity contribution in [3.63, 3.8) is 0 Å². The smallest absolute Gasteiger partial charge is 0.241 e. The average molecular weight is 331 g/mol. The highest BCUT2D eigenvalue weighted by atomic mass is 35.5. The summed E-state index contributed by atoms with van der Waals surface area (Å²) in [5, 5.41) is 3.53. The van der Waals surface area contributed by atoms with Crippen LogP contribution in [0.4, 0.5) is 0 Å². The van der Waals surface area contributed by atoms with Crippen molar-refractivity contribution in [2.75, 3.05) is 0 Å². The van der Waals surface area contributed by atoms with Crippen LogP contribution < -0.4 is 10.0 Å². The number of aryl methyl sites for hydroxylation is 1. The molecule has 1 aromatic rings. The highest BCUT2D eigenvalue weighted by Crippen LogP contribution is 2.28. The van der Waals surface area contributed by atoms with Gasteiger partial charge in [0.25, 0.3) is 0 Å². The van der Waals surface area contributed by atoms with Crippen LogP contribution in [0.3, 0.4) is 0 Å². The van der Waals surface area contributed by atoms with Crippen molar-refractivity contribution in [3.05, 3.63) is 29.8 Å². The summed E-state index contributed by atoms with van der Waals surface area (Å²) in [5.74, 6) is 0. The maximum Gasteiger partial charge on any atom is 0.241 e. The van der Waals surface area contributed by atoms with Crippen LogP contribution in [0.25, 0.3) is 0 Å². The Morgan fingerprint density at radius 2 is 1.81 bits per heavy atom. The minimum Gasteiger partial charge on any atom is -0.311 e. The van der Waals surface area contributed by atoms with E-state index in [4.69, 9.17) is 0 Å². The minimum absolute atomic E-state index is 0. The molecule has 2 N–H and O–H groups in total. The van der Waals surface area contributed by atoms with Crippen LogP contribution in [0.5, 0.6) is 0 Å². The first-order chi connectivity index (χ1) is 9.58. The third kappa shape index (κ3) is 3.59. The molecule has 2 heterocycles. The fourth-order valence-electron chi connectivity index (χ4n) is 3.49. The molecule has 0 aliphatic carbocycles. The number of halogens is 1. The molecule has 2 atom stereocenters. The first-order valence-electron chi connectivity index (χ1n) is 7.45. The molecule has 1 aromatic carbocycles. The molecule has 6 heteroatoms. The Morgan fingerprint density at radius 3 is 2.43 bits per heavy atom. The fourth-order valence-corrected chi connectivity index (χ4v) is 5.07. The molecule has 0 amide bonds. The Hall–Kier alpha value is -0.620. The number of rotatable bonds is 4. The van der Waals surface area contributed by atoms with Crippen molar-refractivity contribution in [3.8, 4) is 0 Å². The molecule has 0 radical (unpaired) electrons. The largest absolute Gasteiger partial charge is 0.311 e. The van der Waals surface area contributed by atoms with E-state index in [0.717, 1.165) is 24.8 Å². The zero-order valence-electron chi connectivity index (χ0n) is 12.2. The van der Waals surface area contributed by atoms with Crippen molar-refractivity contribution >= 4 is 22.4 Å². The first kappa shape index (κ1) is 16.7. The normalized spacial score (nSPS) is 28.1. The summed E-state index contributed by atoms with van der Waals surface area (Å²) in [7, 11) is -3.40. The first-order valence-corrected chi connectivity index (χ1v) is 8.93. The molecule has 0 saturated carbocycles. The van der Waals surface area contributed by atoms with Crippen molar-refractivity contribution < 1.29 is 8.42 Å². The predicted molar refractivity (Wildman–Crippen MR) is 86.4 cm³/mol. The van der Waals surface area contributed by atoms with E-state index >= 15 is 0 Å². The molecular formula is C15H23ClN2O2S. The molecule has 2 bridgehead atoms. The van der Waals surface area contributed by atoms with Crippen molar-refractivity contribution in [2.45, 2.75) is 62.0 Å². The second-order valence-electron chi connectivity index (χ2n) is 5.89.